The lowest BCUT2D eigenvalue weighted by Gasteiger charge is -2.12. The number of halogens is 1. The van der Waals surface area contributed by atoms with Crippen LogP contribution in [-0.2, 0) is 13.0 Å². The summed E-state index contributed by atoms with van der Waals surface area (Å²) in [4.78, 5) is 12.6. The van der Waals surface area contributed by atoms with E-state index < -0.39 is 11.7 Å². The third-order valence-corrected chi connectivity index (χ3v) is 5.09. The lowest BCUT2D eigenvalue weighted by Crippen LogP contribution is -2.15. The molecule has 0 fully saturated rings. The standard InChI is InChI=1S/C21H22FN5O/c1-13-6-8-15(23)12-16(13)21(28)24-18-11-14(7-9-17(18)22)20-26-25-19-5-3-2-4-10-27(19)20/h6-9,11-12H,2-5,10,23H2,1H3,(H,24,28). The highest BCUT2D eigenvalue weighted by Crippen LogP contribution is 2.27. The Balaban J connectivity index is 1.66. The van der Waals surface area contributed by atoms with Gasteiger partial charge in [0.1, 0.15) is 11.6 Å². The summed E-state index contributed by atoms with van der Waals surface area (Å²) in [6.07, 6.45) is 4.22. The van der Waals surface area contributed by atoms with Crippen LogP contribution in [0.25, 0.3) is 11.4 Å². The van der Waals surface area contributed by atoms with Crippen molar-refractivity contribution in [3.63, 3.8) is 0 Å². The fourth-order valence-electron chi connectivity index (χ4n) is 3.53. The van der Waals surface area contributed by atoms with E-state index in [1.54, 1.807) is 30.3 Å². The molecule has 0 saturated carbocycles. The molecule has 1 aliphatic heterocycles. The van der Waals surface area contributed by atoms with Gasteiger partial charge in [-0.05, 0) is 55.7 Å². The van der Waals surface area contributed by atoms with Gasteiger partial charge >= 0.3 is 0 Å². The van der Waals surface area contributed by atoms with E-state index >= 15 is 0 Å². The van der Waals surface area contributed by atoms with Gasteiger partial charge in [0.15, 0.2) is 5.82 Å². The van der Waals surface area contributed by atoms with Gasteiger partial charge in [-0.25, -0.2) is 4.39 Å². The van der Waals surface area contributed by atoms with Gasteiger partial charge in [-0.15, -0.1) is 10.2 Å². The summed E-state index contributed by atoms with van der Waals surface area (Å²) >= 11 is 0. The molecule has 1 aromatic heterocycles. The molecule has 1 aliphatic rings. The smallest absolute Gasteiger partial charge is 0.256 e. The van der Waals surface area contributed by atoms with Crippen LogP contribution < -0.4 is 11.1 Å². The summed E-state index contributed by atoms with van der Waals surface area (Å²) in [5, 5.41) is 11.3. The van der Waals surface area contributed by atoms with Crippen LogP contribution in [0, 0.1) is 12.7 Å². The Labute approximate surface area is 162 Å². The van der Waals surface area contributed by atoms with Crippen molar-refractivity contribution in [1.29, 1.82) is 0 Å². The van der Waals surface area contributed by atoms with Crippen molar-refractivity contribution in [2.24, 2.45) is 0 Å². The molecular weight excluding hydrogens is 357 g/mol. The molecule has 2 aromatic carbocycles. The fraction of sp³-hybridized carbons (Fsp3) is 0.286. The summed E-state index contributed by atoms with van der Waals surface area (Å²) in [6, 6.07) is 9.70. The number of nitrogens with zero attached hydrogens (tertiary/aromatic N) is 3. The fourth-order valence-corrected chi connectivity index (χ4v) is 3.53. The zero-order valence-electron chi connectivity index (χ0n) is 15.7. The third-order valence-electron chi connectivity index (χ3n) is 5.09. The van der Waals surface area contributed by atoms with Crippen LogP contribution in [0.2, 0.25) is 0 Å². The number of anilines is 2. The second-order valence-electron chi connectivity index (χ2n) is 7.13. The van der Waals surface area contributed by atoms with Gasteiger partial charge in [0.05, 0.1) is 5.69 Å². The molecule has 3 N–H and O–H groups in total. The Hall–Kier alpha value is -3.22. The van der Waals surface area contributed by atoms with Crippen molar-refractivity contribution in [1.82, 2.24) is 14.8 Å². The van der Waals surface area contributed by atoms with Gasteiger partial charge in [0.2, 0.25) is 0 Å². The van der Waals surface area contributed by atoms with E-state index in [0.717, 1.165) is 49.2 Å². The number of fused-ring (bicyclic) bond motifs is 1. The molecule has 0 unspecified atom stereocenters. The van der Waals surface area contributed by atoms with Crippen molar-refractivity contribution in [3.05, 3.63) is 59.2 Å². The topological polar surface area (TPSA) is 85.8 Å². The van der Waals surface area contributed by atoms with Crippen LogP contribution in [0.5, 0.6) is 0 Å². The third kappa shape index (κ3) is 3.47. The summed E-state index contributed by atoms with van der Waals surface area (Å²) in [6.45, 7) is 2.66. The van der Waals surface area contributed by atoms with E-state index in [2.05, 4.69) is 20.1 Å². The van der Waals surface area contributed by atoms with Crippen LogP contribution in [0.1, 0.15) is 41.0 Å². The molecule has 0 bridgehead atoms. The van der Waals surface area contributed by atoms with Gasteiger partial charge in [-0.2, -0.15) is 0 Å². The zero-order chi connectivity index (χ0) is 19.7. The molecule has 6 nitrogen and oxygen atoms in total. The van der Waals surface area contributed by atoms with E-state index in [1.165, 1.54) is 6.07 Å². The molecule has 0 atom stereocenters. The quantitative estimate of drug-likeness (QED) is 0.675. The van der Waals surface area contributed by atoms with Gasteiger partial charge in [0.25, 0.3) is 5.91 Å². The van der Waals surface area contributed by atoms with E-state index in [0.29, 0.717) is 17.1 Å². The minimum absolute atomic E-state index is 0.107. The first kappa shape index (κ1) is 18.2. The number of aryl methyl sites for hydroxylation is 2. The maximum atomic E-state index is 14.4. The molecule has 0 saturated heterocycles. The number of carbonyl (C=O) groups excluding carboxylic acids is 1. The molecule has 28 heavy (non-hydrogen) atoms. The number of amides is 1. The van der Waals surface area contributed by atoms with E-state index in [1.807, 2.05) is 6.92 Å². The molecule has 4 rings (SSSR count). The first-order valence-corrected chi connectivity index (χ1v) is 9.42. The van der Waals surface area contributed by atoms with E-state index in [-0.39, 0.29) is 5.69 Å². The molecule has 144 valence electrons. The monoisotopic (exact) mass is 379 g/mol. The largest absolute Gasteiger partial charge is 0.399 e. The Morgan fingerprint density at radius 2 is 2.00 bits per heavy atom. The van der Waals surface area contributed by atoms with Crippen LogP contribution >= 0.6 is 0 Å². The molecule has 0 radical (unpaired) electrons. The number of rotatable bonds is 3. The number of nitrogen functional groups attached to an aromatic ring is 1. The summed E-state index contributed by atoms with van der Waals surface area (Å²) in [7, 11) is 0. The minimum Gasteiger partial charge on any atom is -0.399 e. The van der Waals surface area contributed by atoms with Crippen molar-refractivity contribution in [3.8, 4) is 11.4 Å². The number of hydrogen-bond acceptors (Lipinski definition) is 4. The van der Waals surface area contributed by atoms with Gasteiger partial charge in [-0.3, -0.25) is 4.79 Å². The minimum atomic E-state index is -0.505. The molecular formula is C21H22FN5O. The number of hydrogen-bond donors (Lipinski definition) is 2. The average molecular weight is 379 g/mol. The van der Waals surface area contributed by atoms with Crippen molar-refractivity contribution >= 4 is 17.3 Å². The summed E-state index contributed by atoms with van der Waals surface area (Å²) in [5.74, 6) is 0.750. The lowest BCUT2D eigenvalue weighted by atomic mass is 10.1. The molecule has 1 amide bonds. The summed E-state index contributed by atoms with van der Waals surface area (Å²) < 4.78 is 16.5. The highest BCUT2D eigenvalue weighted by molar-refractivity contribution is 6.06. The predicted octanol–water partition coefficient (Wildman–Crippen LogP) is 3.95. The average Bonchev–Trinajstić information content (AvgIpc) is 2.93. The molecule has 0 aliphatic carbocycles. The highest BCUT2D eigenvalue weighted by Gasteiger charge is 2.18. The van der Waals surface area contributed by atoms with Gasteiger partial charge in [-0.1, -0.05) is 12.5 Å². The number of nitrogens with two attached hydrogens (primary N) is 1. The van der Waals surface area contributed by atoms with Gasteiger partial charge in [0, 0.05) is 29.8 Å². The molecule has 0 spiro atoms. The second-order valence-corrected chi connectivity index (χ2v) is 7.13. The van der Waals surface area contributed by atoms with E-state index in [4.69, 9.17) is 5.73 Å². The first-order valence-electron chi connectivity index (χ1n) is 9.42. The molecule has 7 heteroatoms. The maximum absolute atomic E-state index is 14.4. The normalized spacial score (nSPS) is 13.6. The van der Waals surface area contributed by atoms with E-state index in [9.17, 15) is 9.18 Å². The predicted molar refractivity (Wildman–Crippen MR) is 107 cm³/mol. The zero-order valence-corrected chi connectivity index (χ0v) is 15.7. The van der Waals surface area contributed by atoms with Crippen molar-refractivity contribution in [2.45, 2.75) is 39.2 Å². The second kappa shape index (κ2) is 7.42. The molecule has 3 aromatic rings. The highest BCUT2D eigenvalue weighted by atomic mass is 19.1. The number of carbonyl (C=O) groups is 1. The molecule has 2 heterocycles. The Morgan fingerprint density at radius 1 is 1.14 bits per heavy atom. The van der Waals surface area contributed by atoms with Gasteiger partial charge < -0.3 is 15.6 Å². The van der Waals surface area contributed by atoms with Crippen LogP contribution in [0.15, 0.2) is 36.4 Å². The van der Waals surface area contributed by atoms with Crippen LogP contribution in [-0.4, -0.2) is 20.7 Å². The maximum Gasteiger partial charge on any atom is 0.256 e. The number of benzene rings is 2. The first-order chi connectivity index (χ1) is 13.5. The van der Waals surface area contributed by atoms with Crippen LogP contribution in [0.3, 0.4) is 0 Å². The Morgan fingerprint density at radius 3 is 2.86 bits per heavy atom. The Kier molecular flexibility index (Phi) is 4.81. The van der Waals surface area contributed by atoms with Crippen molar-refractivity contribution in [2.75, 3.05) is 11.1 Å². The van der Waals surface area contributed by atoms with Crippen molar-refractivity contribution < 1.29 is 9.18 Å². The Bertz CT molecular complexity index is 1040. The number of nitrogens with one attached hydrogen (secondary N) is 1. The summed E-state index contributed by atoms with van der Waals surface area (Å²) in [5.41, 5.74) is 8.28. The van der Waals surface area contributed by atoms with Crippen LogP contribution in [0.4, 0.5) is 15.8 Å². The number of aromatic nitrogens is 3. The SMILES string of the molecule is Cc1ccc(N)cc1C(=O)Nc1cc(-c2nnc3n2CCCCC3)ccc1F. The lowest BCUT2D eigenvalue weighted by molar-refractivity contribution is 0.102.